The third kappa shape index (κ3) is 8.19. The Morgan fingerprint density at radius 2 is 1.78 bits per heavy atom. The summed E-state index contributed by atoms with van der Waals surface area (Å²) in [5.41, 5.74) is 0.963. The SMILES string of the molecule is CC[C@@H](C)NC(=O)[C@@H](C)N(Cc1cccc(Br)c1)C(=O)CCCOc1ccc(OC)cc1. The zero-order valence-corrected chi connectivity index (χ0v) is 20.9. The summed E-state index contributed by atoms with van der Waals surface area (Å²) in [6.45, 7) is 6.54. The van der Waals surface area contributed by atoms with E-state index in [2.05, 4.69) is 21.2 Å². The molecule has 0 bridgehead atoms. The van der Waals surface area contributed by atoms with E-state index in [0.717, 1.165) is 28.0 Å². The van der Waals surface area contributed by atoms with E-state index in [1.165, 1.54) is 0 Å². The van der Waals surface area contributed by atoms with Crippen molar-refractivity contribution in [3.8, 4) is 11.5 Å². The largest absolute Gasteiger partial charge is 0.497 e. The van der Waals surface area contributed by atoms with Gasteiger partial charge in [0, 0.05) is 23.5 Å². The van der Waals surface area contributed by atoms with Gasteiger partial charge in [-0.2, -0.15) is 0 Å². The molecule has 0 fully saturated rings. The highest BCUT2D eigenvalue weighted by Gasteiger charge is 2.26. The van der Waals surface area contributed by atoms with Crippen LogP contribution >= 0.6 is 15.9 Å². The Kier molecular flexibility index (Phi) is 10.5. The van der Waals surface area contributed by atoms with E-state index in [1.807, 2.05) is 62.4 Å². The average Bonchev–Trinajstić information content (AvgIpc) is 2.80. The molecule has 2 aromatic rings. The van der Waals surface area contributed by atoms with E-state index in [9.17, 15) is 9.59 Å². The van der Waals surface area contributed by atoms with Crippen LogP contribution in [-0.2, 0) is 16.1 Å². The van der Waals surface area contributed by atoms with Crippen LogP contribution in [0.2, 0.25) is 0 Å². The minimum absolute atomic E-state index is 0.0608. The van der Waals surface area contributed by atoms with Gasteiger partial charge in [0.15, 0.2) is 0 Å². The molecule has 0 unspecified atom stereocenters. The highest BCUT2D eigenvalue weighted by Crippen LogP contribution is 2.18. The number of rotatable bonds is 12. The summed E-state index contributed by atoms with van der Waals surface area (Å²) in [4.78, 5) is 27.5. The molecule has 0 aliphatic heterocycles. The number of carbonyl (C=O) groups excluding carboxylic acids is 2. The van der Waals surface area contributed by atoms with Crippen LogP contribution in [0.1, 0.15) is 45.6 Å². The van der Waals surface area contributed by atoms with Gasteiger partial charge in [0.2, 0.25) is 11.8 Å². The average molecular weight is 505 g/mol. The van der Waals surface area contributed by atoms with Gasteiger partial charge >= 0.3 is 0 Å². The molecule has 174 valence electrons. The monoisotopic (exact) mass is 504 g/mol. The van der Waals surface area contributed by atoms with Crippen molar-refractivity contribution < 1.29 is 19.1 Å². The molecule has 0 aliphatic rings. The van der Waals surface area contributed by atoms with Crippen molar-refractivity contribution in [2.45, 2.75) is 58.7 Å². The van der Waals surface area contributed by atoms with Gasteiger partial charge in [-0.25, -0.2) is 0 Å². The smallest absolute Gasteiger partial charge is 0.242 e. The van der Waals surface area contributed by atoms with Crippen molar-refractivity contribution in [3.05, 3.63) is 58.6 Å². The van der Waals surface area contributed by atoms with Crippen molar-refractivity contribution in [1.82, 2.24) is 10.2 Å². The van der Waals surface area contributed by atoms with Crippen molar-refractivity contribution in [2.24, 2.45) is 0 Å². The Labute approximate surface area is 199 Å². The molecule has 0 radical (unpaired) electrons. The maximum Gasteiger partial charge on any atom is 0.242 e. The van der Waals surface area contributed by atoms with E-state index in [-0.39, 0.29) is 17.9 Å². The molecule has 2 rings (SSSR count). The van der Waals surface area contributed by atoms with Gasteiger partial charge < -0.3 is 19.7 Å². The van der Waals surface area contributed by atoms with E-state index in [0.29, 0.717) is 26.0 Å². The van der Waals surface area contributed by atoms with Crippen LogP contribution in [0, 0.1) is 0 Å². The van der Waals surface area contributed by atoms with Crippen molar-refractivity contribution in [3.63, 3.8) is 0 Å². The normalized spacial score (nSPS) is 12.5. The molecular formula is C25H33BrN2O4. The minimum atomic E-state index is -0.571. The number of amides is 2. The van der Waals surface area contributed by atoms with Crippen LogP contribution in [0.3, 0.4) is 0 Å². The van der Waals surface area contributed by atoms with Gasteiger partial charge in [-0.1, -0.05) is 35.0 Å². The van der Waals surface area contributed by atoms with Crippen molar-refractivity contribution in [1.29, 1.82) is 0 Å². The minimum Gasteiger partial charge on any atom is -0.497 e. The summed E-state index contributed by atoms with van der Waals surface area (Å²) in [7, 11) is 1.62. The van der Waals surface area contributed by atoms with Gasteiger partial charge in [0.1, 0.15) is 17.5 Å². The number of halogens is 1. The van der Waals surface area contributed by atoms with Crippen LogP contribution in [0.15, 0.2) is 53.0 Å². The molecule has 0 saturated heterocycles. The molecule has 0 aliphatic carbocycles. The second-order valence-electron chi connectivity index (χ2n) is 7.77. The number of nitrogens with zero attached hydrogens (tertiary/aromatic N) is 1. The van der Waals surface area contributed by atoms with Crippen molar-refractivity contribution >= 4 is 27.7 Å². The Morgan fingerprint density at radius 3 is 2.41 bits per heavy atom. The fourth-order valence-electron chi connectivity index (χ4n) is 3.11. The van der Waals surface area contributed by atoms with Crippen LogP contribution in [0.5, 0.6) is 11.5 Å². The van der Waals surface area contributed by atoms with Crippen LogP contribution in [-0.4, -0.2) is 42.5 Å². The molecule has 6 nitrogen and oxygen atoms in total. The van der Waals surface area contributed by atoms with Crippen molar-refractivity contribution in [2.75, 3.05) is 13.7 Å². The second kappa shape index (κ2) is 13.1. The Bertz CT molecular complexity index is 873. The predicted molar refractivity (Wildman–Crippen MR) is 130 cm³/mol. The molecule has 2 atom stereocenters. The van der Waals surface area contributed by atoms with E-state index in [4.69, 9.17) is 9.47 Å². The summed E-state index contributed by atoms with van der Waals surface area (Å²) in [5, 5.41) is 2.98. The van der Waals surface area contributed by atoms with Gasteiger partial charge in [0.25, 0.3) is 0 Å². The first-order chi connectivity index (χ1) is 15.3. The van der Waals surface area contributed by atoms with Gasteiger partial charge in [-0.15, -0.1) is 0 Å². The standard InChI is InChI=1S/C25H33BrN2O4/c1-5-18(2)27-25(30)19(3)28(17-20-8-6-9-21(26)16-20)24(29)10-7-15-32-23-13-11-22(31-4)12-14-23/h6,8-9,11-14,16,18-19H,5,7,10,15,17H2,1-4H3,(H,27,30)/t18-,19-/m1/s1. The lowest BCUT2D eigenvalue weighted by Crippen LogP contribution is -2.49. The molecule has 0 spiro atoms. The first-order valence-corrected chi connectivity index (χ1v) is 11.7. The molecular weight excluding hydrogens is 472 g/mol. The molecule has 2 amide bonds. The summed E-state index contributed by atoms with van der Waals surface area (Å²) >= 11 is 3.47. The van der Waals surface area contributed by atoms with E-state index >= 15 is 0 Å². The van der Waals surface area contributed by atoms with Gasteiger partial charge in [0.05, 0.1) is 13.7 Å². The molecule has 1 N–H and O–H groups in total. The molecule has 32 heavy (non-hydrogen) atoms. The number of carbonyl (C=O) groups is 2. The Hall–Kier alpha value is -2.54. The van der Waals surface area contributed by atoms with Crippen LogP contribution < -0.4 is 14.8 Å². The lowest BCUT2D eigenvalue weighted by atomic mass is 10.1. The summed E-state index contributed by atoms with van der Waals surface area (Å²) in [6, 6.07) is 14.6. The zero-order valence-electron chi connectivity index (χ0n) is 19.3. The highest BCUT2D eigenvalue weighted by molar-refractivity contribution is 9.10. The molecule has 2 aromatic carbocycles. The Morgan fingerprint density at radius 1 is 1.09 bits per heavy atom. The zero-order chi connectivity index (χ0) is 23.5. The fourth-order valence-corrected chi connectivity index (χ4v) is 3.56. The summed E-state index contributed by atoms with van der Waals surface area (Å²) in [5.74, 6) is 1.28. The Balaban J connectivity index is 1.99. The number of ether oxygens (including phenoxy) is 2. The third-order valence-electron chi connectivity index (χ3n) is 5.27. The lowest BCUT2D eigenvalue weighted by molar-refractivity contribution is -0.141. The number of nitrogens with one attached hydrogen (secondary N) is 1. The van der Waals surface area contributed by atoms with E-state index < -0.39 is 6.04 Å². The molecule has 0 aromatic heterocycles. The molecule has 7 heteroatoms. The number of benzene rings is 2. The predicted octanol–water partition coefficient (Wildman–Crippen LogP) is 4.95. The van der Waals surface area contributed by atoms with Gasteiger partial charge in [-0.05, 0) is 68.7 Å². The highest BCUT2D eigenvalue weighted by atomic mass is 79.9. The quantitative estimate of drug-likeness (QED) is 0.415. The maximum atomic E-state index is 13.1. The fraction of sp³-hybridized carbons (Fsp3) is 0.440. The molecule has 0 heterocycles. The lowest BCUT2D eigenvalue weighted by Gasteiger charge is -2.30. The topological polar surface area (TPSA) is 67.9 Å². The number of hydrogen-bond acceptors (Lipinski definition) is 4. The summed E-state index contributed by atoms with van der Waals surface area (Å²) in [6.07, 6.45) is 1.69. The number of hydrogen-bond donors (Lipinski definition) is 1. The maximum absolute atomic E-state index is 13.1. The second-order valence-corrected chi connectivity index (χ2v) is 8.69. The molecule has 0 saturated carbocycles. The van der Waals surface area contributed by atoms with Crippen LogP contribution in [0.4, 0.5) is 0 Å². The summed E-state index contributed by atoms with van der Waals surface area (Å²) < 4.78 is 11.8. The van der Waals surface area contributed by atoms with E-state index in [1.54, 1.807) is 18.9 Å². The number of methoxy groups -OCH3 is 1. The third-order valence-corrected chi connectivity index (χ3v) is 5.77. The van der Waals surface area contributed by atoms with Gasteiger partial charge in [-0.3, -0.25) is 9.59 Å². The van der Waals surface area contributed by atoms with Crippen LogP contribution in [0.25, 0.3) is 0 Å². The first kappa shape index (κ1) is 25.7. The first-order valence-electron chi connectivity index (χ1n) is 10.9.